The van der Waals surface area contributed by atoms with Crippen molar-refractivity contribution in [3.05, 3.63) is 82.3 Å². The Morgan fingerprint density at radius 2 is 1.73 bits per heavy atom. The molecule has 0 aliphatic carbocycles. The third-order valence-corrected chi connectivity index (χ3v) is 7.83. The van der Waals surface area contributed by atoms with Gasteiger partial charge in [-0.25, -0.2) is 27.1 Å². The van der Waals surface area contributed by atoms with Crippen LogP contribution < -0.4 is 15.8 Å². The third kappa shape index (κ3) is 11.2. The fourth-order valence-electron chi connectivity index (χ4n) is 4.26. The molecular formula is C30H34ClF2N3O8S. The number of Topliss-reactive ketones (excluding diaryl/α,β-unsaturated/α-hetero) is 1. The summed E-state index contributed by atoms with van der Waals surface area (Å²) in [7, 11) is -4.21. The van der Waals surface area contributed by atoms with Crippen LogP contribution in [-0.4, -0.2) is 51.4 Å². The van der Waals surface area contributed by atoms with Crippen LogP contribution in [-0.2, 0) is 30.8 Å². The molecule has 0 amide bonds. The number of carbonyl (C=O) groups is 3. The van der Waals surface area contributed by atoms with Crippen LogP contribution in [0.15, 0.2) is 58.0 Å². The van der Waals surface area contributed by atoms with Crippen LogP contribution in [0.5, 0.6) is 0 Å². The quantitative estimate of drug-likeness (QED) is 0.101. The zero-order valence-corrected chi connectivity index (χ0v) is 26.2. The minimum atomic E-state index is -4.21. The van der Waals surface area contributed by atoms with E-state index in [9.17, 15) is 31.6 Å². The number of furan rings is 1. The number of hydrogen-bond acceptors (Lipinski definition) is 10. The number of carbonyl (C=O) groups excluding carboxylic acids is 3. The van der Waals surface area contributed by atoms with Gasteiger partial charge >= 0.3 is 11.9 Å². The molecule has 0 aliphatic rings. The summed E-state index contributed by atoms with van der Waals surface area (Å²) in [6.07, 6.45) is 2.98. The van der Waals surface area contributed by atoms with Crippen molar-refractivity contribution in [1.82, 2.24) is 5.32 Å². The summed E-state index contributed by atoms with van der Waals surface area (Å²) in [4.78, 5) is 37.0. The Morgan fingerprint density at radius 3 is 2.38 bits per heavy atom. The van der Waals surface area contributed by atoms with E-state index in [1.54, 1.807) is 26.0 Å². The summed E-state index contributed by atoms with van der Waals surface area (Å²) in [6.45, 7) is 3.41. The van der Waals surface area contributed by atoms with Gasteiger partial charge in [0, 0.05) is 24.1 Å². The summed E-state index contributed by atoms with van der Waals surface area (Å²) in [5.74, 6) is -2.91. The van der Waals surface area contributed by atoms with Crippen molar-refractivity contribution in [2.75, 3.05) is 18.5 Å². The highest BCUT2D eigenvalue weighted by atomic mass is 35.5. The van der Waals surface area contributed by atoms with Gasteiger partial charge < -0.3 is 24.5 Å². The predicted octanol–water partition coefficient (Wildman–Crippen LogP) is 4.98. The van der Waals surface area contributed by atoms with E-state index in [0.717, 1.165) is 18.2 Å². The lowest BCUT2D eigenvalue weighted by Crippen LogP contribution is -2.42. The van der Waals surface area contributed by atoms with Crippen molar-refractivity contribution < 1.29 is 45.5 Å². The van der Waals surface area contributed by atoms with Crippen molar-refractivity contribution in [3.8, 4) is 0 Å². The Morgan fingerprint density at radius 1 is 1.02 bits per heavy atom. The molecule has 4 N–H and O–H groups in total. The number of primary sulfonamides is 1. The van der Waals surface area contributed by atoms with Gasteiger partial charge in [-0.05, 0) is 69.5 Å². The lowest BCUT2D eigenvalue weighted by Gasteiger charge is -2.19. The Labute approximate surface area is 264 Å². The first-order valence-corrected chi connectivity index (χ1v) is 15.9. The minimum Gasteiger partial charge on any atom is -0.467 e. The number of benzene rings is 2. The maximum atomic E-state index is 13.4. The number of unbranched alkanes of at least 4 members (excludes halogenated alkanes) is 2. The molecular weight excluding hydrogens is 636 g/mol. The average Bonchev–Trinajstić information content (AvgIpc) is 3.49. The Kier molecular flexibility index (Phi) is 13.0. The molecule has 3 rings (SSSR count). The van der Waals surface area contributed by atoms with E-state index in [1.807, 2.05) is 0 Å². The fourth-order valence-corrected chi connectivity index (χ4v) is 5.36. The number of nitrogens with one attached hydrogen (secondary N) is 2. The number of nitrogens with two attached hydrogens (primary N) is 1. The number of sulfonamides is 1. The normalized spacial score (nSPS) is 12.8. The zero-order valence-electron chi connectivity index (χ0n) is 24.6. The third-order valence-electron chi connectivity index (χ3n) is 6.46. The smallest absolute Gasteiger partial charge is 0.340 e. The number of halogens is 3. The van der Waals surface area contributed by atoms with E-state index in [2.05, 4.69) is 10.6 Å². The molecule has 45 heavy (non-hydrogen) atoms. The van der Waals surface area contributed by atoms with E-state index in [1.165, 1.54) is 12.3 Å². The topological polar surface area (TPSA) is 167 Å². The van der Waals surface area contributed by atoms with Crippen molar-refractivity contribution in [1.29, 1.82) is 0 Å². The number of ether oxygens (including phenoxy) is 2. The number of hydrogen-bond donors (Lipinski definition) is 3. The maximum absolute atomic E-state index is 13.4. The molecule has 1 aromatic heterocycles. The van der Waals surface area contributed by atoms with E-state index >= 15 is 0 Å². The first-order valence-electron chi connectivity index (χ1n) is 14.0. The molecule has 0 saturated carbocycles. The number of esters is 2. The van der Waals surface area contributed by atoms with Crippen molar-refractivity contribution >= 4 is 45.0 Å². The number of anilines is 1. The lowest BCUT2D eigenvalue weighted by atomic mass is 10.0. The molecule has 0 unspecified atom stereocenters. The molecule has 3 aromatic rings. The molecule has 0 bridgehead atoms. The molecule has 2 aromatic carbocycles. The highest BCUT2D eigenvalue weighted by Crippen LogP contribution is 2.29. The summed E-state index contributed by atoms with van der Waals surface area (Å²) >= 11 is 6.09. The van der Waals surface area contributed by atoms with E-state index in [4.69, 9.17) is 30.6 Å². The second-order valence-corrected chi connectivity index (χ2v) is 12.2. The summed E-state index contributed by atoms with van der Waals surface area (Å²) in [5, 5.41) is 11.0. The van der Waals surface area contributed by atoms with Crippen LogP contribution in [0.25, 0.3) is 0 Å². The van der Waals surface area contributed by atoms with Crippen LogP contribution in [0, 0.1) is 11.6 Å². The van der Waals surface area contributed by atoms with Gasteiger partial charge in [-0.15, -0.1) is 0 Å². The monoisotopic (exact) mass is 669 g/mol. The number of ketones is 1. The second-order valence-electron chi connectivity index (χ2n) is 10.2. The van der Waals surface area contributed by atoms with E-state index < -0.39 is 56.4 Å². The zero-order chi connectivity index (χ0) is 33.1. The van der Waals surface area contributed by atoms with Gasteiger partial charge in [-0.2, -0.15) is 0 Å². The molecule has 11 nitrogen and oxygen atoms in total. The van der Waals surface area contributed by atoms with Gasteiger partial charge in [0.25, 0.3) is 0 Å². The van der Waals surface area contributed by atoms with Gasteiger partial charge in [0.1, 0.15) is 28.9 Å². The first kappa shape index (κ1) is 35.6. The summed E-state index contributed by atoms with van der Waals surface area (Å²) in [6, 6.07) is 7.12. The lowest BCUT2D eigenvalue weighted by molar-refractivity contribution is -0.144. The molecule has 0 aliphatic heterocycles. The molecule has 0 spiro atoms. The van der Waals surface area contributed by atoms with Crippen LogP contribution in [0.2, 0.25) is 5.02 Å². The summed E-state index contributed by atoms with van der Waals surface area (Å²) in [5.41, 5.74) is 0.0354. The second kappa shape index (κ2) is 16.5. The van der Waals surface area contributed by atoms with Crippen molar-refractivity contribution in [3.63, 3.8) is 0 Å². The highest BCUT2D eigenvalue weighted by molar-refractivity contribution is 7.89. The van der Waals surface area contributed by atoms with E-state index in [0.29, 0.717) is 31.1 Å². The van der Waals surface area contributed by atoms with Gasteiger partial charge in [0.15, 0.2) is 5.78 Å². The molecule has 1 heterocycles. The molecule has 15 heteroatoms. The Hall–Kier alpha value is -3.85. The molecule has 2 atom stereocenters. The van der Waals surface area contributed by atoms with Crippen molar-refractivity contribution in [2.45, 2.75) is 63.1 Å². The SMILES string of the molecule is C[C@@H](COC(=O)CCCCCOC(=O)c1cc(S(N)(=O)=O)c(Cl)cc1NCc1ccco1)N[C@H](C)C(=O)c1cc(F)cc(F)c1. The predicted molar refractivity (Wildman–Crippen MR) is 161 cm³/mol. The van der Waals surface area contributed by atoms with Gasteiger partial charge in [0.2, 0.25) is 10.0 Å². The van der Waals surface area contributed by atoms with Crippen molar-refractivity contribution in [2.24, 2.45) is 5.14 Å². The summed E-state index contributed by atoms with van der Waals surface area (Å²) < 4.78 is 66.5. The van der Waals surface area contributed by atoms with Crippen LogP contribution >= 0.6 is 11.6 Å². The maximum Gasteiger partial charge on any atom is 0.340 e. The first-order chi connectivity index (χ1) is 21.2. The Balaban J connectivity index is 1.40. The van der Waals surface area contributed by atoms with Crippen LogP contribution in [0.3, 0.4) is 0 Å². The van der Waals surface area contributed by atoms with Gasteiger partial charge in [-0.1, -0.05) is 11.6 Å². The van der Waals surface area contributed by atoms with Crippen LogP contribution in [0.1, 0.15) is 66.0 Å². The minimum absolute atomic E-state index is 0.000917. The van der Waals surface area contributed by atoms with Gasteiger partial charge in [0.05, 0.1) is 41.7 Å². The van der Waals surface area contributed by atoms with E-state index in [-0.39, 0.29) is 48.0 Å². The molecule has 0 fully saturated rings. The van der Waals surface area contributed by atoms with Gasteiger partial charge in [-0.3, -0.25) is 9.59 Å². The standard InChI is InChI=1S/C30H34ClF2N3O8S/c1-18(36-19(2)29(38)20-11-21(32)13-22(33)12-20)17-44-28(37)8-4-3-5-9-43-30(39)24-14-27(45(34,40)41)25(31)15-26(24)35-16-23-7-6-10-42-23/h6-7,10-15,18-19,35-36H,3-5,8-9,16-17H2,1-2H3,(H2,34,40,41)/t18-,19+/m0/s1. The van der Waals surface area contributed by atoms with Crippen LogP contribution in [0.4, 0.5) is 14.5 Å². The molecule has 0 radical (unpaired) electrons. The molecule has 244 valence electrons. The molecule has 0 saturated heterocycles. The average molecular weight is 670 g/mol. The highest BCUT2D eigenvalue weighted by Gasteiger charge is 2.22. The largest absolute Gasteiger partial charge is 0.467 e. The number of rotatable bonds is 17. The Bertz CT molecular complexity index is 1580. The fraction of sp³-hybridized carbons (Fsp3) is 0.367.